The summed E-state index contributed by atoms with van der Waals surface area (Å²) in [6.07, 6.45) is 5.34. The molecule has 1 heterocycles. The van der Waals surface area contributed by atoms with Crippen molar-refractivity contribution < 1.29 is 0 Å². The molecule has 10 rings (SSSR count). The standard InChI is InChI=1S/C47H34N4/c1-47(2)39-17-10-9-16-36(39)46-40(47)18-11-19-43(46)51(34-14-7-4-8-15-34)42-27-23-32-20-24-37-41(26-22-31-21-25-38(42)45(32)44(31)37)50(33-12-5-3-6-13-33)35-28-48-30-49-29-35/h3-30H,1-2H3. The molecule has 0 amide bonds. The number of para-hydroxylation sites is 2. The fourth-order valence-electron chi connectivity index (χ4n) is 8.48. The topological polar surface area (TPSA) is 32.3 Å². The summed E-state index contributed by atoms with van der Waals surface area (Å²) in [4.78, 5) is 13.5. The Kier molecular flexibility index (Phi) is 6.49. The van der Waals surface area contributed by atoms with E-state index in [1.165, 1.54) is 60.3 Å². The average Bonchev–Trinajstić information content (AvgIpc) is 3.43. The molecule has 51 heavy (non-hydrogen) atoms. The molecular weight excluding hydrogens is 621 g/mol. The Morgan fingerprint density at radius 2 is 0.961 bits per heavy atom. The third kappa shape index (κ3) is 4.39. The van der Waals surface area contributed by atoms with Gasteiger partial charge in [0.2, 0.25) is 0 Å². The van der Waals surface area contributed by atoms with Gasteiger partial charge in [-0.1, -0.05) is 123 Å². The molecule has 0 unspecified atom stereocenters. The van der Waals surface area contributed by atoms with E-state index >= 15 is 0 Å². The maximum Gasteiger partial charge on any atom is 0.115 e. The predicted molar refractivity (Wildman–Crippen MR) is 213 cm³/mol. The molecule has 0 aliphatic heterocycles. The first-order valence-electron chi connectivity index (χ1n) is 17.5. The molecule has 0 fully saturated rings. The van der Waals surface area contributed by atoms with Gasteiger partial charge >= 0.3 is 0 Å². The molecule has 0 radical (unpaired) electrons. The van der Waals surface area contributed by atoms with Gasteiger partial charge in [-0.2, -0.15) is 0 Å². The summed E-state index contributed by atoms with van der Waals surface area (Å²) in [5, 5.41) is 7.33. The van der Waals surface area contributed by atoms with Gasteiger partial charge in [0.15, 0.2) is 0 Å². The smallest absolute Gasteiger partial charge is 0.115 e. The summed E-state index contributed by atoms with van der Waals surface area (Å²) < 4.78 is 0. The maximum absolute atomic E-state index is 4.40. The Balaban J connectivity index is 1.26. The van der Waals surface area contributed by atoms with E-state index in [2.05, 4.69) is 185 Å². The van der Waals surface area contributed by atoms with E-state index in [-0.39, 0.29) is 5.41 Å². The van der Waals surface area contributed by atoms with E-state index in [9.17, 15) is 0 Å². The number of hydrogen-bond donors (Lipinski definition) is 0. The molecule has 242 valence electrons. The lowest BCUT2D eigenvalue weighted by Gasteiger charge is -2.30. The second-order valence-corrected chi connectivity index (χ2v) is 13.9. The van der Waals surface area contributed by atoms with E-state index in [0.717, 1.165) is 28.4 Å². The van der Waals surface area contributed by atoms with Crippen LogP contribution in [-0.4, -0.2) is 9.97 Å². The molecule has 0 N–H and O–H groups in total. The van der Waals surface area contributed by atoms with E-state index in [0.29, 0.717) is 0 Å². The molecule has 0 saturated heterocycles. The lowest BCUT2D eigenvalue weighted by Crippen LogP contribution is -2.16. The highest BCUT2D eigenvalue weighted by Crippen LogP contribution is 2.55. The van der Waals surface area contributed by atoms with Gasteiger partial charge in [0.25, 0.3) is 0 Å². The van der Waals surface area contributed by atoms with Crippen LogP contribution in [0.2, 0.25) is 0 Å². The molecule has 1 aliphatic rings. The van der Waals surface area contributed by atoms with Gasteiger partial charge in [0.1, 0.15) is 6.33 Å². The Morgan fingerprint density at radius 3 is 1.61 bits per heavy atom. The lowest BCUT2D eigenvalue weighted by molar-refractivity contribution is 0.660. The van der Waals surface area contributed by atoms with Gasteiger partial charge in [-0.3, -0.25) is 0 Å². The Bertz CT molecular complexity index is 2680. The maximum atomic E-state index is 4.40. The first kappa shape index (κ1) is 29.4. The summed E-state index contributed by atoms with van der Waals surface area (Å²) in [5.41, 5.74) is 11.8. The molecule has 4 heteroatoms. The first-order valence-corrected chi connectivity index (χ1v) is 17.5. The van der Waals surface area contributed by atoms with Crippen LogP contribution < -0.4 is 9.80 Å². The fourth-order valence-corrected chi connectivity index (χ4v) is 8.48. The van der Waals surface area contributed by atoms with Gasteiger partial charge in [0.05, 0.1) is 35.1 Å². The lowest BCUT2D eigenvalue weighted by atomic mass is 9.82. The molecular formula is C47H34N4. The third-order valence-corrected chi connectivity index (χ3v) is 10.8. The summed E-state index contributed by atoms with van der Waals surface area (Å²) in [5.74, 6) is 0. The van der Waals surface area contributed by atoms with E-state index in [1.54, 1.807) is 6.33 Å². The molecule has 4 nitrogen and oxygen atoms in total. The summed E-state index contributed by atoms with van der Waals surface area (Å²) in [7, 11) is 0. The molecule has 0 bridgehead atoms. The van der Waals surface area contributed by atoms with Crippen molar-refractivity contribution >= 4 is 66.4 Å². The van der Waals surface area contributed by atoms with Crippen molar-refractivity contribution in [1.82, 2.24) is 9.97 Å². The molecule has 8 aromatic carbocycles. The van der Waals surface area contributed by atoms with Crippen LogP contribution in [0, 0.1) is 0 Å². The van der Waals surface area contributed by atoms with Crippen molar-refractivity contribution in [1.29, 1.82) is 0 Å². The van der Waals surface area contributed by atoms with Crippen molar-refractivity contribution in [2.24, 2.45) is 0 Å². The second-order valence-electron chi connectivity index (χ2n) is 13.9. The van der Waals surface area contributed by atoms with Crippen molar-refractivity contribution in [3.8, 4) is 11.1 Å². The zero-order valence-electron chi connectivity index (χ0n) is 28.5. The van der Waals surface area contributed by atoms with Crippen LogP contribution in [-0.2, 0) is 5.41 Å². The fraction of sp³-hybridized carbons (Fsp3) is 0.0638. The molecule has 1 aromatic heterocycles. The zero-order chi connectivity index (χ0) is 34.1. The number of aromatic nitrogens is 2. The Morgan fingerprint density at radius 1 is 0.431 bits per heavy atom. The highest BCUT2D eigenvalue weighted by molar-refractivity contribution is 6.28. The monoisotopic (exact) mass is 654 g/mol. The Hall–Kier alpha value is -6.52. The Labute approximate surface area is 297 Å². The quantitative estimate of drug-likeness (QED) is 0.167. The minimum Gasteiger partial charge on any atom is -0.309 e. The van der Waals surface area contributed by atoms with Gasteiger partial charge in [-0.05, 0) is 80.7 Å². The van der Waals surface area contributed by atoms with Crippen molar-refractivity contribution in [2.45, 2.75) is 19.3 Å². The number of nitrogens with zero attached hydrogens (tertiary/aromatic N) is 4. The summed E-state index contributed by atoms with van der Waals surface area (Å²) >= 11 is 0. The van der Waals surface area contributed by atoms with E-state index < -0.39 is 0 Å². The molecule has 1 aliphatic carbocycles. The van der Waals surface area contributed by atoms with Crippen LogP contribution in [0.25, 0.3) is 43.4 Å². The molecule has 0 saturated carbocycles. The summed E-state index contributed by atoms with van der Waals surface area (Å²) in [6.45, 7) is 4.70. The van der Waals surface area contributed by atoms with Crippen LogP contribution in [0.15, 0.2) is 170 Å². The zero-order valence-corrected chi connectivity index (χ0v) is 28.5. The van der Waals surface area contributed by atoms with Gasteiger partial charge < -0.3 is 9.80 Å². The largest absolute Gasteiger partial charge is 0.309 e. The molecule has 0 spiro atoms. The minimum absolute atomic E-state index is 0.0994. The third-order valence-electron chi connectivity index (χ3n) is 10.8. The first-order chi connectivity index (χ1) is 25.1. The highest BCUT2D eigenvalue weighted by Gasteiger charge is 2.38. The van der Waals surface area contributed by atoms with Crippen LogP contribution in [0.3, 0.4) is 0 Å². The SMILES string of the molecule is CC1(C)c2ccccc2-c2c(N(c3ccccc3)c3ccc4ccc5c(N(c6ccccc6)c6cncnc6)ccc6ccc3c4c65)cccc21. The van der Waals surface area contributed by atoms with Crippen molar-refractivity contribution in [3.63, 3.8) is 0 Å². The van der Waals surface area contributed by atoms with Crippen molar-refractivity contribution in [3.05, 3.63) is 182 Å². The predicted octanol–water partition coefficient (Wildman–Crippen LogP) is 12.6. The van der Waals surface area contributed by atoms with E-state index in [1.807, 2.05) is 12.4 Å². The van der Waals surface area contributed by atoms with Gasteiger partial charge in [-0.15, -0.1) is 0 Å². The molecule has 0 atom stereocenters. The van der Waals surface area contributed by atoms with Crippen LogP contribution in [0.1, 0.15) is 25.0 Å². The average molecular weight is 655 g/mol. The number of anilines is 6. The van der Waals surface area contributed by atoms with Crippen molar-refractivity contribution in [2.75, 3.05) is 9.80 Å². The minimum atomic E-state index is -0.0994. The van der Waals surface area contributed by atoms with E-state index in [4.69, 9.17) is 0 Å². The van der Waals surface area contributed by atoms with Crippen LogP contribution in [0.4, 0.5) is 34.1 Å². The van der Waals surface area contributed by atoms with Gasteiger partial charge in [-0.25, -0.2) is 9.97 Å². The number of benzene rings is 8. The normalized spacial score (nSPS) is 13.1. The van der Waals surface area contributed by atoms with Crippen LogP contribution >= 0.6 is 0 Å². The summed E-state index contributed by atoms with van der Waals surface area (Å²) in [6, 6.07) is 55.3. The number of fused-ring (bicyclic) bond motifs is 3. The second kappa shape index (κ2) is 11.3. The number of hydrogen-bond acceptors (Lipinski definition) is 4. The highest BCUT2D eigenvalue weighted by atomic mass is 15.2. The number of rotatable bonds is 6. The van der Waals surface area contributed by atoms with Crippen LogP contribution in [0.5, 0.6) is 0 Å². The van der Waals surface area contributed by atoms with Gasteiger partial charge in [0, 0.05) is 33.1 Å². The molecule has 9 aromatic rings.